The molecule has 0 aliphatic carbocycles. The third-order valence-corrected chi connectivity index (χ3v) is 5.37. The van der Waals surface area contributed by atoms with Crippen molar-refractivity contribution < 1.29 is 14.6 Å². The predicted octanol–water partition coefficient (Wildman–Crippen LogP) is 4.49. The minimum absolute atomic E-state index is 0.0523. The number of hydrogen-bond acceptors (Lipinski definition) is 4. The van der Waals surface area contributed by atoms with E-state index in [-0.39, 0.29) is 11.4 Å². The van der Waals surface area contributed by atoms with Gasteiger partial charge in [0.1, 0.15) is 29.5 Å². The molecule has 0 saturated carbocycles. The number of aromatic hydroxyl groups is 1. The largest absolute Gasteiger partial charge is 0.508 e. The van der Waals surface area contributed by atoms with E-state index in [0.29, 0.717) is 12.5 Å². The van der Waals surface area contributed by atoms with E-state index in [0.717, 1.165) is 43.9 Å². The molecule has 0 fully saturated rings. The summed E-state index contributed by atoms with van der Waals surface area (Å²) >= 11 is 0. The van der Waals surface area contributed by atoms with Gasteiger partial charge in [-0.3, -0.25) is 0 Å². The summed E-state index contributed by atoms with van der Waals surface area (Å²) in [7, 11) is 0. The first-order chi connectivity index (χ1) is 12.7. The van der Waals surface area contributed by atoms with Gasteiger partial charge in [-0.25, -0.2) is 0 Å². The van der Waals surface area contributed by atoms with Crippen molar-refractivity contribution in [2.75, 3.05) is 19.7 Å². The highest BCUT2D eigenvalue weighted by Gasteiger charge is 2.37. The predicted molar refractivity (Wildman–Crippen MR) is 104 cm³/mol. The highest BCUT2D eigenvalue weighted by molar-refractivity contribution is 5.39. The molecular formula is C22H29NO3. The summed E-state index contributed by atoms with van der Waals surface area (Å²) in [5, 5.41) is 12.8. The van der Waals surface area contributed by atoms with Gasteiger partial charge in [0.25, 0.3) is 0 Å². The SMILES string of the molecule is CCC1(CC)CC(CNCCOc2ccc(O)cc2)c2ccccc2O1. The van der Waals surface area contributed by atoms with Crippen molar-refractivity contribution in [3.05, 3.63) is 54.1 Å². The molecule has 4 heteroatoms. The minimum Gasteiger partial charge on any atom is -0.508 e. The number of nitrogens with one attached hydrogen (secondary N) is 1. The second kappa shape index (κ2) is 8.45. The van der Waals surface area contributed by atoms with Crippen LogP contribution in [0.2, 0.25) is 0 Å². The molecule has 0 radical (unpaired) electrons. The number of benzene rings is 2. The zero-order chi connectivity index (χ0) is 18.4. The molecule has 0 saturated heterocycles. The van der Waals surface area contributed by atoms with Crippen molar-refractivity contribution in [1.82, 2.24) is 5.32 Å². The van der Waals surface area contributed by atoms with Crippen LogP contribution in [0.25, 0.3) is 0 Å². The van der Waals surface area contributed by atoms with E-state index in [1.807, 2.05) is 0 Å². The van der Waals surface area contributed by atoms with Gasteiger partial charge >= 0.3 is 0 Å². The van der Waals surface area contributed by atoms with Crippen LogP contribution >= 0.6 is 0 Å². The van der Waals surface area contributed by atoms with E-state index in [2.05, 4.69) is 43.4 Å². The maximum absolute atomic E-state index is 9.30. The molecule has 1 aliphatic rings. The van der Waals surface area contributed by atoms with Crippen molar-refractivity contribution in [1.29, 1.82) is 0 Å². The van der Waals surface area contributed by atoms with Gasteiger partial charge in [-0.2, -0.15) is 0 Å². The second-order valence-electron chi connectivity index (χ2n) is 6.98. The standard InChI is InChI=1S/C22H29NO3/c1-3-22(4-2)15-17(20-7-5-6-8-21(20)26-22)16-23-13-14-25-19-11-9-18(24)10-12-19/h5-12,17,23-24H,3-4,13-16H2,1-2H3. The first-order valence-electron chi connectivity index (χ1n) is 9.56. The molecular weight excluding hydrogens is 326 g/mol. The molecule has 1 heterocycles. The lowest BCUT2D eigenvalue weighted by Crippen LogP contribution is -2.42. The topological polar surface area (TPSA) is 50.7 Å². The molecule has 0 aromatic heterocycles. The van der Waals surface area contributed by atoms with E-state index in [1.54, 1.807) is 24.3 Å². The molecule has 1 unspecified atom stereocenters. The molecule has 0 amide bonds. The van der Waals surface area contributed by atoms with Gasteiger partial charge in [-0.1, -0.05) is 32.0 Å². The van der Waals surface area contributed by atoms with Crippen molar-refractivity contribution in [2.24, 2.45) is 0 Å². The summed E-state index contributed by atoms with van der Waals surface area (Å²) in [5.41, 5.74) is 1.25. The lowest BCUT2D eigenvalue weighted by Gasteiger charge is -2.41. The fraction of sp³-hybridized carbons (Fsp3) is 0.455. The number of ether oxygens (including phenoxy) is 2. The Balaban J connectivity index is 1.54. The van der Waals surface area contributed by atoms with Crippen molar-refractivity contribution in [3.8, 4) is 17.2 Å². The van der Waals surface area contributed by atoms with Gasteiger partial charge in [0, 0.05) is 19.0 Å². The summed E-state index contributed by atoms with van der Waals surface area (Å²) in [6.45, 7) is 6.73. The Labute approximate surface area is 156 Å². The lowest BCUT2D eigenvalue weighted by atomic mass is 9.79. The average Bonchev–Trinajstić information content (AvgIpc) is 2.68. The van der Waals surface area contributed by atoms with Crippen LogP contribution in [0.5, 0.6) is 17.2 Å². The maximum Gasteiger partial charge on any atom is 0.123 e. The number of phenolic OH excluding ortho intramolecular Hbond substituents is 1. The third-order valence-electron chi connectivity index (χ3n) is 5.37. The van der Waals surface area contributed by atoms with Gasteiger partial charge in [0.15, 0.2) is 0 Å². The van der Waals surface area contributed by atoms with Crippen LogP contribution in [0, 0.1) is 0 Å². The third kappa shape index (κ3) is 4.31. The van der Waals surface area contributed by atoms with Gasteiger partial charge in [-0.15, -0.1) is 0 Å². The molecule has 140 valence electrons. The summed E-state index contributed by atoms with van der Waals surface area (Å²) in [6, 6.07) is 15.2. The van der Waals surface area contributed by atoms with Gasteiger partial charge in [-0.05, 0) is 55.2 Å². The Bertz CT molecular complexity index is 695. The van der Waals surface area contributed by atoms with E-state index in [4.69, 9.17) is 9.47 Å². The van der Waals surface area contributed by atoms with Crippen LogP contribution in [-0.2, 0) is 0 Å². The molecule has 4 nitrogen and oxygen atoms in total. The zero-order valence-electron chi connectivity index (χ0n) is 15.7. The molecule has 2 N–H and O–H groups in total. The average molecular weight is 355 g/mol. The summed E-state index contributed by atoms with van der Waals surface area (Å²) in [6.07, 6.45) is 3.10. The second-order valence-corrected chi connectivity index (χ2v) is 6.98. The van der Waals surface area contributed by atoms with Crippen molar-refractivity contribution in [3.63, 3.8) is 0 Å². The quantitative estimate of drug-likeness (QED) is 0.685. The fourth-order valence-corrected chi connectivity index (χ4v) is 3.67. The van der Waals surface area contributed by atoms with E-state index in [9.17, 15) is 5.11 Å². The molecule has 1 atom stereocenters. The number of hydrogen-bond donors (Lipinski definition) is 2. The smallest absolute Gasteiger partial charge is 0.123 e. The van der Waals surface area contributed by atoms with E-state index in [1.165, 1.54) is 5.56 Å². The number of rotatable bonds is 8. The highest BCUT2D eigenvalue weighted by Crippen LogP contribution is 2.43. The van der Waals surface area contributed by atoms with E-state index < -0.39 is 0 Å². The zero-order valence-corrected chi connectivity index (χ0v) is 15.7. The molecule has 26 heavy (non-hydrogen) atoms. The summed E-state index contributed by atoms with van der Waals surface area (Å²) < 4.78 is 12.1. The van der Waals surface area contributed by atoms with Gasteiger partial charge in [0.05, 0.1) is 0 Å². The van der Waals surface area contributed by atoms with Crippen LogP contribution in [-0.4, -0.2) is 30.4 Å². The van der Waals surface area contributed by atoms with Gasteiger partial charge in [0.2, 0.25) is 0 Å². The molecule has 0 spiro atoms. The van der Waals surface area contributed by atoms with Crippen LogP contribution in [0.15, 0.2) is 48.5 Å². The lowest BCUT2D eigenvalue weighted by molar-refractivity contribution is 0.0274. The number of para-hydroxylation sites is 1. The first-order valence-corrected chi connectivity index (χ1v) is 9.56. The molecule has 2 aromatic carbocycles. The Hall–Kier alpha value is -2.20. The maximum atomic E-state index is 9.30. The number of fused-ring (bicyclic) bond motifs is 1. The molecule has 1 aliphatic heterocycles. The Kier molecular flexibility index (Phi) is 6.04. The normalized spacial score (nSPS) is 18.0. The Morgan fingerprint density at radius 1 is 1.12 bits per heavy atom. The van der Waals surface area contributed by atoms with Crippen LogP contribution in [0.3, 0.4) is 0 Å². The Morgan fingerprint density at radius 3 is 2.58 bits per heavy atom. The molecule has 2 aromatic rings. The summed E-state index contributed by atoms with van der Waals surface area (Å²) in [5.74, 6) is 2.52. The Morgan fingerprint density at radius 2 is 1.85 bits per heavy atom. The first kappa shape index (κ1) is 18.6. The van der Waals surface area contributed by atoms with Crippen molar-refractivity contribution in [2.45, 2.75) is 44.6 Å². The van der Waals surface area contributed by atoms with Crippen LogP contribution in [0.4, 0.5) is 0 Å². The van der Waals surface area contributed by atoms with Crippen LogP contribution < -0.4 is 14.8 Å². The van der Waals surface area contributed by atoms with Gasteiger partial charge < -0.3 is 19.9 Å². The van der Waals surface area contributed by atoms with E-state index >= 15 is 0 Å². The highest BCUT2D eigenvalue weighted by atomic mass is 16.5. The molecule has 0 bridgehead atoms. The number of phenols is 1. The summed E-state index contributed by atoms with van der Waals surface area (Å²) in [4.78, 5) is 0. The minimum atomic E-state index is -0.0523. The monoisotopic (exact) mass is 355 g/mol. The van der Waals surface area contributed by atoms with Crippen LogP contribution in [0.1, 0.15) is 44.6 Å². The molecule has 3 rings (SSSR count). The van der Waals surface area contributed by atoms with Crippen molar-refractivity contribution >= 4 is 0 Å². The fourth-order valence-electron chi connectivity index (χ4n) is 3.67.